The molecule has 0 aliphatic heterocycles. The zero-order valence-electron chi connectivity index (χ0n) is 8.21. The molecule has 2 atom stereocenters. The predicted molar refractivity (Wildman–Crippen MR) is 58.7 cm³/mol. The van der Waals surface area contributed by atoms with Gasteiger partial charge in [-0.15, -0.1) is 0 Å². The Labute approximate surface area is 93.1 Å². The summed E-state index contributed by atoms with van der Waals surface area (Å²) in [6.45, 7) is 0. The number of rotatable bonds is 2. The van der Waals surface area contributed by atoms with Gasteiger partial charge in [-0.1, -0.05) is 11.6 Å². The Bertz CT molecular complexity index is 358. The van der Waals surface area contributed by atoms with Gasteiger partial charge >= 0.3 is 0 Å². The molecule has 2 rings (SSSR count). The van der Waals surface area contributed by atoms with Crippen LogP contribution in [-0.4, -0.2) is 17.3 Å². The number of aliphatic hydroxyl groups excluding tert-OH is 1. The van der Waals surface area contributed by atoms with Crippen LogP contribution in [0.1, 0.15) is 19.3 Å². The third kappa shape index (κ3) is 2.41. The molecule has 0 radical (unpaired) electrons. The summed E-state index contributed by atoms with van der Waals surface area (Å²) in [5.41, 5.74) is 0.408. The van der Waals surface area contributed by atoms with Crippen LogP contribution in [-0.2, 0) is 0 Å². The van der Waals surface area contributed by atoms with Crippen molar-refractivity contribution in [1.82, 2.24) is 0 Å². The molecule has 2 N–H and O–H groups in total. The lowest BCUT2D eigenvalue weighted by Crippen LogP contribution is -2.28. The molecule has 0 unspecified atom stereocenters. The summed E-state index contributed by atoms with van der Waals surface area (Å²) in [6, 6.07) is 4.46. The van der Waals surface area contributed by atoms with Crippen molar-refractivity contribution in [3.63, 3.8) is 0 Å². The molecule has 1 aliphatic rings. The van der Waals surface area contributed by atoms with E-state index in [1.165, 1.54) is 6.07 Å². The maximum absolute atomic E-state index is 13.4. The first-order chi connectivity index (χ1) is 7.16. The van der Waals surface area contributed by atoms with E-state index < -0.39 is 0 Å². The average Bonchev–Trinajstić information content (AvgIpc) is 2.57. The van der Waals surface area contributed by atoms with Gasteiger partial charge in [0.1, 0.15) is 5.82 Å². The topological polar surface area (TPSA) is 32.3 Å². The molecule has 0 aromatic heterocycles. The Morgan fingerprint density at radius 3 is 2.80 bits per heavy atom. The summed E-state index contributed by atoms with van der Waals surface area (Å²) in [6.07, 6.45) is 2.27. The SMILES string of the molecule is O[C@H]1CCC[C@@H]1Nc1ccc(Cl)cc1F. The Hall–Kier alpha value is -0.800. The molecule has 15 heavy (non-hydrogen) atoms. The molecule has 0 heterocycles. The van der Waals surface area contributed by atoms with Gasteiger partial charge < -0.3 is 10.4 Å². The molecule has 1 aliphatic carbocycles. The second-order valence-electron chi connectivity index (χ2n) is 3.87. The van der Waals surface area contributed by atoms with E-state index in [-0.39, 0.29) is 18.0 Å². The van der Waals surface area contributed by atoms with Gasteiger partial charge in [-0.3, -0.25) is 0 Å². The summed E-state index contributed by atoms with van der Waals surface area (Å²) in [5.74, 6) is -0.374. The number of anilines is 1. The standard InChI is InChI=1S/C11H13ClFNO/c12-7-4-5-9(8(13)6-7)14-10-2-1-3-11(10)15/h4-6,10-11,14-15H,1-3H2/t10-,11-/m0/s1. The van der Waals surface area contributed by atoms with Gasteiger partial charge in [-0.2, -0.15) is 0 Å². The summed E-state index contributed by atoms with van der Waals surface area (Å²) >= 11 is 5.65. The van der Waals surface area contributed by atoms with Gasteiger partial charge in [0.25, 0.3) is 0 Å². The molecule has 0 amide bonds. The minimum atomic E-state index is -0.375. The van der Waals surface area contributed by atoms with E-state index in [9.17, 15) is 9.50 Å². The van der Waals surface area contributed by atoms with E-state index in [4.69, 9.17) is 11.6 Å². The number of hydrogen-bond donors (Lipinski definition) is 2. The van der Waals surface area contributed by atoms with E-state index in [1.807, 2.05) is 0 Å². The van der Waals surface area contributed by atoms with Crippen LogP contribution in [0.15, 0.2) is 18.2 Å². The lowest BCUT2D eigenvalue weighted by atomic mass is 10.2. The van der Waals surface area contributed by atoms with Gasteiger partial charge in [0.2, 0.25) is 0 Å². The van der Waals surface area contributed by atoms with Crippen LogP contribution in [0, 0.1) is 5.82 Å². The summed E-state index contributed by atoms with van der Waals surface area (Å²) in [5, 5.41) is 13.0. The van der Waals surface area contributed by atoms with Crippen LogP contribution in [0.25, 0.3) is 0 Å². The minimum Gasteiger partial charge on any atom is -0.391 e. The number of hydrogen-bond acceptors (Lipinski definition) is 2. The Morgan fingerprint density at radius 1 is 1.40 bits per heavy atom. The van der Waals surface area contributed by atoms with Crippen LogP contribution in [0.3, 0.4) is 0 Å². The number of nitrogens with one attached hydrogen (secondary N) is 1. The lowest BCUT2D eigenvalue weighted by Gasteiger charge is -2.18. The maximum Gasteiger partial charge on any atom is 0.147 e. The van der Waals surface area contributed by atoms with Gasteiger partial charge in [-0.25, -0.2) is 4.39 Å². The molecule has 1 aromatic carbocycles. The summed E-state index contributed by atoms with van der Waals surface area (Å²) in [7, 11) is 0. The zero-order valence-corrected chi connectivity index (χ0v) is 8.97. The van der Waals surface area contributed by atoms with Crippen molar-refractivity contribution in [3.05, 3.63) is 29.0 Å². The van der Waals surface area contributed by atoms with Crippen molar-refractivity contribution in [3.8, 4) is 0 Å². The molecule has 82 valence electrons. The predicted octanol–water partition coefficient (Wildman–Crippen LogP) is 2.80. The van der Waals surface area contributed by atoms with Crippen molar-refractivity contribution in [2.45, 2.75) is 31.4 Å². The summed E-state index contributed by atoms with van der Waals surface area (Å²) < 4.78 is 13.4. The first-order valence-electron chi connectivity index (χ1n) is 5.06. The molecular formula is C11H13ClFNO. The third-order valence-corrected chi connectivity index (χ3v) is 2.99. The number of benzene rings is 1. The van der Waals surface area contributed by atoms with Gasteiger partial charge in [0.15, 0.2) is 0 Å². The lowest BCUT2D eigenvalue weighted by molar-refractivity contribution is 0.171. The number of halogens is 2. The van der Waals surface area contributed by atoms with Crippen LogP contribution >= 0.6 is 11.6 Å². The Morgan fingerprint density at radius 2 is 2.20 bits per heavy atom. The first-order valence-corrected chi connectivity index (χ1v) is 5.44. The second-order valence-corrected chi connectivity index (χ2v) is 4.31. The van der Waals surface area contributed by atoms with Crippen LogP contribution in [0.2, 0.25) is 5.02 Å². The fourth-order valence-electron chi connectivity index (χ4n) is 1.92. The fraction of sp³-hybridized carbons (Fsp3) is 0.455. The smallest absolute Gasteiger partial charge is 0.147 e. The van der Waals surface area contributed by atoms with Crippen LogP contribution in [0.4, 0.5) is 10.1 Å². The highest BCUT2D eigenvalue weighted by Crippen LogP contribution is 2.25. The molecule has 0 spiro atoms. The van der Waals surface area contributed by atoms with Crippen molar-refractivity contribution < 1.29 is 9.50 Å². The normalized spacial score (nSPS) is 25.5. The van der Waals surface area contributed by atoms with Crippen molar-refractivity contribution in [2.75, 3.05) is 5.32 Å². The van der Waals surface area contributed by atoms with Crippen LogP contribution in [0.5, 0.6) is 0 Å². The zero-order chi connectivity index (χ0) is 10.8. The molecule has 1 saturated carbocycles. The van der Waals surface area contributed by atoms with E-state index in [0.29, 0.717) is 10.7 Å². The monoisotopic (exact) mass is 229 g/mol. The molecule has 0 bridgehead atoms. The van der Waals surface area contributed by atoms with E-state index in [2.05, 4.69) is 5.32 Å². The molecule has 1 fully saturated rings. The quantitative estimate of drug-likeness (QED) is 0.818. The Balaban J connectivity index is 2.10. The van der Waals surface area contributed by atoms with Gasteiger partial charge in [0.05, 0.1) is 17.8 Å². The first kappa shape index (κ1) is 10.7. The molecule has 4 heteroatoms. The number of aliphatic hydroxyl groups is 1. The van der Waals surface area contributed by atoms with Crippen LogP contribution < -0.4 is 5.32 Å². The van der Waals surface area contributed by atoms with Crippen molar-refractivity contribution in [2.24, 2.45) is 0 Å². The highest BCUT2D eigenvalue weighted by Gasteiger charge is 2.25. The third-order valence-electron chi connectivity index (χ3n) is 2.75. The highest BCUT2D eigenvalue weighted by atomic mass is 35.5. The average molecular weight is 230 g/mol. The minimum absolute atomic E-state index is 0.0410. The van der Waals surface area contributed by atoms with Gasteiger partial charge in [0, 0.05) is 5.02 Å². The van der Waals surface area contributed by atoms with E-state index in [1.54, 1.807) is 12.1 Å². The van der Waals surface area contributed by atoms with Gasteiger partial charge in [-0.05, 0) is 37.5 Å². The maximum atomic E-state index is 13.4. The largest absolute Gasteiger partial charge is 0.391 e. The molecule has 2 nitrogen and oxygen atoms in total. The Kier molecular flexibility index (Phi) is 3.12. The summed E-state index contributed by atoms with van der Waals surface area (Å²) in [4.78, 5) is 0. The second kappa shape index (κ2) is 4.37. The highest BCUT2D eigenvalue weighted by molar-refractivity contribution is 6.30. The van der Waals surface area contributed by atoms with E-state index in [0.717, 1.165) is 19.3 Å². The van der Waals surface area contributed by atoms with Crippen molar-refractivity contribution in [1.29, 1.82) is 0 Å². The van der Waals surface area contributed by atoms with E-state index >= 15 is 0 Å². The fourth-order valence-corrected chi connectivity index (χ4v) is 2.07. The molecular weight excluding hydrogens is 217 g/mol. The molecule has 1 aromatic rings. The molecule has 0 saturated heterocycles. The van der Waals surface area contributed by atoms with Crippen molar-refractivity contribution >= 4 is 17.3 Å².